The van der Waals surface area contributed by atoms with Crippen LogP contribution in [-0.4, -0.2) is 15.7 Å². The number of rotatable bonds is 3. The number of phenolic OH excluding ortho intramolecular Hbond substituents is 1. The van der Waals surface area contributed by atoms with Gasteiger partial charge in [0.25, 0.3) is 6.43 Å². The summed E-state index contributed by atoms with van der Waals surface area (Å²) >= 11 is 3.04. The van der Waals surface area contributed by atoms with Crippen LogP contribution < -0.4 is 0 Å². The lowest BCUT2D eigenvalue weighted by molar-refractivity contribution is 0.0995. The van der Waals surface area contributed by atoms with E-state index >= 15 is 0 Å². The average molecular weight is 279 g/mol. The van der Waals surface area contributed by atoms with E-state index in [0.29, 0.717) is 0 Å². The predicted octanol–water partition coefficient (Wildman–Crippen LogP) is 3.30. The maximum Gasteiger partial charge on any atom is 0.264 e. The fraction of sp³-hybridized carbons (Fsp3) is 0.300. The summed E-state index contributed by atoms with van der Waals surface area (Å²) in [6.45, 7) is 1.59. The minimum atomic E-state index is -2.70. The number of hydrogen-bond acceptors (Lipinski definition) is 2. The van der Waals surface area contributed by atoms with Gasteiger partial charge in [-0.15, -0.1) is 0 Å². The first-order valence-electron chi connectivity index (χ1n) is 4.22. The highest BCUT2D eigenvalue weighted by Gasteiger charge is 2.16. The Labute approximate surface area is 94.0 Å². The summed E-state index contributed by atoms with van der Waals surface area (Å²) in [4.78, 5) is 11.0. The van der Waals surface area contributed by atoms with Crippen molar-refractivity contribution in [3.05, 3.63) is 29.3 Å². The number of aromatic hydroxyl groups is 1. The third-order valence-electron chi connectivity index (χ3n) is 1.84. The van der Waals surface area contributed by atoms with E-state index in [2.05, 4.69) is 15.9 Å². The van der Waals surface area contributed by atoms with E-state index < -0.39 is 11.3 Å². The van der Waals surface area contributed by atoms with Gasteiger partial charge in [0.05, 0.1) is 4.83 Å². The van der Waals surface area contributed by atoms with Crippen molar-refractivity contribution in [2.45, 2.75) is 18.2 Å². The Balaban J connectivity index is 3.14. The molecule has 1 atom stereocenters. The van der Waals surface area contributed by atoms with Gasteiger partial charge >= 0.3 is 0 Å². The van der Waals surface area contributed by atoms with Crippen LogP contribution >= 0.6 is 15.9 Å². The van der Waals surface area contributed by atoms with Gasteiger partial charge in [0, 0.05) is 11.1 Å². The van der Waals surface area contributed by atoms with E-state index in [1.807, 2.05) is 0 Å². The number of carbonyl (C=O) groups excluding carboxylic acids is 1. The van der Waals surface area contributed by atoms with Gasteiger partial charge in [-0.25, -0.2) is 8.78 Å². The molecule has 1 rings (SSSR count). The van der Waals surface area contributed by atoms with E-state index in [1.165, 1.54) is 6.07 Å². The van der Waals surface area contributed by atoms with Crippen LogP contribution in [0.2, 0.25) is 0 Å². The van der Waals surface area contributed by atoms with Crippen molar-refractivity contribution < 1.29 is 18.7 Å². The topological polar surface area (TPSA) is 37.3 Å². The van der Waals surface area contributed by atoms with Crippen LogP contribution in [0.25, 0.3) is 0 Å². The Morgan fingerprint density at radius 2 is 2.00 bits per heavy atom. The highest BCUT2D eigenvalue weighted by Crippen LogP contribution is 2.25. The Kier molecular flexibility index (Phi) is 3.79. The predicted molar refractivity (Wildman–Crippen MR) is 55.8 cm³/mol. The van der Waals surface area contributed by atoms with Gasteiger partial charge in [-0.1, -0.05) is 15.9 Å². The number of Topliss-reactive ketones (excluding diaryl/α,β-unsaturated/α-hetero) is 1. The first kappa shape index (κ1) is 12.1. The Bertz CT molecular complexity index is 378. The van der Waals surface area contributed by atoms with Crippen LogP contribution in [0.15, 0.2) is 18.2 Å². The van der Waals surface area contributed by atoms with E-state index in [-0.39, 0.29) is 22.7 Å². The first-order valence-corrected chi connectivity index (χ1v) is 5.13. The van der Waals surface area contributed by atoms with Gasteiger partial charge in [0.1, 0.15) is 5.75 Å². The molecule has 0 spiro atoms. The number of alkyl halides is 3. The first-order chi connectivity index (χ1) is 6.91. The SMILES string of the molecule is CC(Br)C(=O)c1cc(O)cc(C(F)F)c1. The summed E-state index contributed by atoms with van der Waals surface area (Å²) < 4.78 is 24.7. The fourth-order valence-electron chi connectivity index (χ4n) is 1.13. The fourth-order valence-corrected chi connectivity index (χ4v) is 1.40. The number of ketones is 1. The molecule has 1 aromatic rings. The Morgan fingerprint density at radius 1 is 1.40 bits per heavy atom. The monoisotopic (exact) mass is 278 g/mol. The molecule has 0 amide bonds. The lowest BCUT2D eigenvalue weighted by Crippen LogP contribution is -2.10. The Hall–Kier alpha value is -0.970. The lowest BCUT2D eigenvalue weighted by Gasteiger charge is -2.06. The molecule has 0 heterocycles. The normalized spacial score (nSPS) is 12.9. The van der Waals surface area contributed by atoms with Crippen molar-refractivity contribution in [1.29, 1.82) is 0 Å². The number of carbonyl (C=O) groups is 1. The zero-order valence-corrected chi connectivity index (χ0v) is 9.46. The molecule has 1 aromatic carbocycles. The average Bonchev–Trinajstić information content (AvgIpc) is 2.15. The summed E-state index contributed by atoms with van der Waals surface area (Å²) in [7, 11) is 0. The van der Waals surface area contributed by atoms with E-state index in [4.69, 9.17) is 0 Å². The van der Waals surface area contributed by atoms with Crippen LogP contribution in [0, 0.1) is 0 Å². The number of benzene rings is 1. The summed E-state index contributed by atoms with van der Waals surface area (Å²) in [6.07, 6.45) is -2.70. The van der Waals surface area contributed by atoms with Gasteiger partial charge in [0.15, 0.2) is 5.78 Å². The van der Waals surface area contributed by atoms with E-state index in [1.54, 1.807) is 6.92 Å². The molecule has 0 aliphatic heterocycles. The van der Waals surface area contributed by atoms with Crippen LogP contribution in [0.5, 0.6) is 5.75 Å². The molecular formula is C10H9BrF2O2. The molecule has 0 fully saturated rings. The second kappa shape index (κ2) is 4.70. The number of halogens is 3. The molecule has 0 saturated heterocycles. The van der Waals surface area contributed by atoms with Crippen LogP contribution in [0.1, 0.15) is 29.3 Å². The van der Waals surface area contributed by atoms with Gasteiger partial charge in [0.2, 0.25) is 0 Å². The molecule has 0 aromatic heterocycles. The molecule has 15 heavy (non-hydrogen) atoms. The largest absolute Gasteiger partial charge is 0.508 e. The van der Waals surface area contributed by atoms with Crippen LogP contribution in [0.4, 0.5) is 8.78 Å². The molecule has 1 N–H and O–H groups in total. The highest BCUT2D eigenvalue weighted by molar-refractivity contribution is 9.10. The quantitative estimate of drug-likeness (QED) is 0.681. The molecule has 0 bridgehead atoms. The molecule has 1 unspecified atom stereocenters. The molecule has 0 radical (unpaired) electrons. The minimum absolute atomic E-state index is 0.0784. The van der Waals surface area contributed by atoms with E-state index in [0.717, 1.165) is 12.1 Å². The third kappa shape index (κ3) is 2.99. The zero-order chi connectivity index (χ0) is 11.6. The van der Waals surface area contributed by atoms with Crippen molar-refractivity contribution >= 4 is 21.7 Å². The molecule has 0 aliphatic carbocycles. The van der Waals surface area contributed by atoms with Crippen LogP contribution in [0.3, 0.4) is 0 Å². The maximum absolute atomic E-state index is 12.4. The molecule has 2 nitrogen and oxygen atoms in total. The van der Waals surface area contributed by atoms with Crippen molar-refractivity contribution in [1.82, 2.24) is 0 Å². The summed E-state index contributed by atoms with van der Waals surface area (Å²) in [5.74, 6) is -0.669. The molecule has 0 saturated carbocycles. The number of phenols is 1. The summed E-state index contributed by atoms with van der Waals surface area (Å²) in [5.41, 5.74) is -0.277. The van der Waals surface area contributed by atoms with Gasteiger partial charge in [-0.3, -0.25) is 4.79 Å². The van der Waals surface area contributed by atoms with Crippen molar-refractivity contribution in [3.8, 4) is 5.75 Å². The van der Waals surface area contributed by atoms with Crippen molar-refractivity contribution in [3.63, 3.8) is 0 Å². The molecule has 0 aliphatic rings. The molecule has 5 heteroatoms. The Morgan fingerprint density at radius 3 is 2.47 bits per heavy atom. The van der Waals surface area contributed by atoms with Crippen molar-refractivity contribution in [2.24, 2.45) is 0 Å². The minimum Gasteiger partial charge on any atom is -0.508 e. The van der Waals surface area contributed by atoms with Crippen molar-refractivity contribution in [2.75, 3.05) is 0 Å². The van der Waals surface area contributed by atoms with E-state index in [9.17, 15) is 18.7 Å². The van der Waals surface area contributed by atoms with Gasteiger partial charge in [-0.05, 0) is 25.1 Å². The molecular weight excluding hydrogens is 270 g/mol. The molecule has 82 valence electrons. The second-order valence-corrected chi connectivity index (χ2v) is 4.47. The summed E-state index contributed by atoms with van der Waals surface area (Å²) in [6, 6.07) is 3.21. The zero-order valence-electron chi connectivity index (χ0n) is 7.88. The highest BCUT2D eigenvalue weighted by atomic mass is 79.9. The lowest BCUT2D eigenvalue weighted by atomic mass is 10.1. The third-order valence-corrected chi connectivity index (χ3v) is 2.25. The summed E-state index contributed by atoms with van der Waals surface area (Å²) in [5, 5.41) is 9.17. The van der Waals surface area contributed by atoms with Crippen LogP contribution in [-0.2, 0) is 0 Å². The smallest absolute Gasteiger partial charge is 0.264 e. The maximum atomic E-state index is 12.4. The second-order valence-electron chi connectivity index (χ2n) is 3.09. The van der Waals surface area contributed by atoms with Gasteiger partial charge in [-0.2, -0.15) is 0 Å². The van der Waals surface area contributed by atoms with Gasteiger partial charge < -0.3 is 5.11 Å². The number of hydrogen-bond donors (Lipinski definition) is 1. The standard InChI is InChI=1S/C10H9BrF2O2/c1-5(11)9(15)6-2-7(10(12)13)4-8(14)3-6/h2-5,10,14H,1H3.